The van der Waals surface area contributed by atoms with Gasteiger partial charge in [0.1, 0.15) is 23.2 Å². The fraction of sp³-hybridized carbons (Fsp3) is 0.500. The van der Waals surface area contributed by atoms with Crippen LogP contribution in [0.15, 0.2) is 18.6 Å². The Kier molecular flexibility index (Phi) is 6.21. The number of aliphatic carboxylic acids is 1. The number of carbonyl (C=O) groups is 1. The first-order valence-electron chi connectivity index (χ1n) is 10.5. The Morgan fingerprint density at radius 1 is 1.35 bits per heavy atom. The molecule has 4 rings (SSSR count). The number of carboxylic acids is 1. The summed E-state index contributed by atoms with van der Waals surface area (Å²) in [5.74, 6) is 0.451. The van der Waals surface area contributed by atoms with Gasteiger partial charge < -0.3 is 20.1 Å². The zero-order chi connectivity index (χ0) is 21.8. The van der Waals surface area contributed by atoms with Gasteiger partial charge in [-0.05, 0) is 25.8 Å². The maximum absolute atomic E-state index is 11.4. The van der Waals surface area contributed by atoms with Gasteiger partial charge in [0.2, 0.25) is 5.95 Å². The lowest BCUT2D eigenvalue weighted by Gasteiger charge is -2.18. The molecule has 0 unspecified atom stereocenters. The first kappa shape index (κ1) is 20.9. The Bertz CT molecular complexity index is 1060. The lowest BCUT2D eigenvalue weighted by molar-refractivity contribution is -0.140. The van der Waals surface area contributed by atoms with Crippen molar-refractivity contribution in [2.45, 2.75) is 33.2 Å². The smallest absolute Gasteiger partial charge is 0.308 e. The van der Waals surface area contributed by atoms with Crippen molar-refractivity contribution in [2.24, 2.45) is 5.92 Å². The largest absolute Gasteiger partial charge is 0.481 e. The number of aryl methyl sites for hydroxylation is 1. The Hall–Kier alpha value is -3.34. The minimum absolute atomic E-state index is 0.383. The average Bonchev–Trinajstić information content (AvgIpc) is 3.40. The fourth-order valence-corrected chi connectivity index (χ4v) is 3.69. The van der Waals surface area contributed by atoms with Gasteiger partial charge in [-0.2, -0.15) is 10.1 Å². The van der Waals surface area contributed by atoms with Crippen molar-refractivity contribution in [3.63, 3.8) is 0 Å². The van der Waals surface area contributed by atoms with Gasteiger partial charge in [-0.3, -0.25) is 9.48 Å². The standard InChI is InChI=1S/C20H26N8O3/c1-3-14-16-17(28(26-14)9-10-31-4-2)18(23-15-5-7-21-12-22-15)25-20(24-16)27-8-6-13(11-27)19(29)30/h5,7,12-13H,3-4,6,8-11H2,1-2H3,(H,29,30)(H,21,22,23,24,25)/t13-/m0/s1. The van der Waals surface area contributed by atoms with Crippen LogP contribution in [0.1, 0.15) is 26.0 Å². The van der Waals surface area contributed by atoms with Gasteiger partial charge in [0.05, 0.1) is 24.8 Å². The molecule has 11 nitrogen and oxygen atoms in total. The third-order valence-corrected chi connectivity index (χ3v) is 5.28. The van der Waals surface area contributed by atoms with Crippen LogP contribution in [0.2, 0.25) is 0 Å². The summed E-state index contributed by atoms with van der Waals surface area (Å²) in [5.41, 5.74) is 2.38. The van der Waals surface area contributed by atoms with E-state index in [1.807, 2.05) is 23.4 Å². The second-order valence-electron chi connectivity index (χ2n) is 7.28. The number of rotatable bonds is 9. The predicted octanol–water partition coefficient (Wildman–Crippen LogP) is 1.87. The number of hydrogen-bond acceptors (Lipinski definition) is 9. The van der Waals surface area contributed by atoms with Gasteiger partial charge in [-0.15, -0.1) is 0 Å². The average molecular weight is 426 g/mol. The fourth-order valence-electron chi connectivity index (χ4n) is 3.69. The summed E-state index contributed by atoms with van der Waals surface area (Å²) in [7, 11) is 0. The van der Waals surface area contributed by atoms with Crippen molar-refractivity contribution in [1.82, 2.24) is 29.7 Å². The van der Waals surface area contributed by atoms with E-state index >= 15 is 0 Å². The molecule has 0 radical (unpaired) electrons. The zero-order valence-corrected chi connectivity index (χ0v) is 17.7. The van der Waals surface area contributed by atoms with Crippen LogP contribution in [0, 0.1) is 5.92 Å². The number of nitrogens with one attached hydrogen (secondary N) is 1. The first-order chi connectivity index (χ1) is 15.1. The quantitative estimate of drug-likeness (QED) is 0.489. The highest BCUT2D eigenvalue weighted by Crippen LogP contribution is 2.30. The van der Waals surface area contributed by atoms with Crippen LogP contribution in [-0.4, -0.2) is 67.1 Å². The van der Waals surface area contributed by atoms with Crippen LogP contribution >= 0.6 is 0 Å². The van der Waals surface area contributed by atoms with E-state index in [1.165, 1.54) is 6.33 Å². The maximum atomic E-state index is 11.4. The van der Waals surface area contributed by atoms with E-state index in [-0.39, 0.29) is 0 Å². The van der Waals surface area contributed by atoms with E-state index in [2.05, 4.69) is 15.3 Å². The van der Waals surface area contributed by atoms with E-state index in [0.717, 1.165) is 16.7 Å². The molecule has 2 N–H and O–H groups in total. The molecule has 0 bridgehead atoms. The summed E-state index contributed by atoms with van der Waals surface area (Å²) >= 11 is 0. The molecule has 0 aromatic carbocycles. The molecule has 31 heavy (non-hydrogen) atoms. The van der Waals surface area contributed by atoms with Crippen LogP contribution in [-0.2, 0) is 22.5 Å². The first-order valence-corrected chi connectivity index (χ1v) is 10.5. The summed E-state index contributed by atoms with van der Waals surface area (Å²) in [5, 5.41) is 17.4. The normalized spacial score (nSPS) is 16.2. The summed E-state index contributed by atoms with van der Waals surface area (Å²) in [6, 6.07) is 1.76. The number of anilines is 3. The molecule has 0 saturated carbocycles. The molecule has 3 aromatic heterocycles. The van der Waals surface area contributed by atoms with Crippen LogP contribution in [0.5, 0.6) is 0 Å². The molecule has 1 saturated heterocycles. The van der Waals surface area contributed by atoms with Gasteiger partial charge in [-0.1, -0.05) is 6.92 Å². The van der Waals surface area contributed by atoms with Crippen LogP contribution in [0.25, 0.3) is 11.0 Å². The number of fused-ring (bicyclic) bond motifs is 1. The van der Waals surface area contributed by atoms with Crippen molar-refractivity contribution in [3.8, 4) is 0 Å². The highest BCUT2D eigenvalue weighted by Gasteiger charge is 2.30. The molecule has 0 amide bonds. The van der Waals surface area contributed by atoms with E-state index in [9.17, 15) is 9.90 Å². The van der Waals surface area contributed by atoms with Crippen molar-refractivity contribution < 1.29 is 14.6 Å². The van der Waals surface area contributed by atoms with Crippen molar-refractivity contribution in [2.75, 3.05) is 36.5 Å². The van der Waals surface area contributed by atoms with Crippen molar-refractivity contribution >= 4 is 34.6 Å². The molecule has 1 aliphatic rings. The van der Waals surface area contributed by atoms with Gasteiger partial charge in [0.25, 0.3) is 0 Å². The monoisotopic (exact) mass is 426 g/mol. The molecule has 3 aromatic rings. The van der Waals surface area contributed by atoms with Crippen LogP contribution in [0.4, 0.5) is 17.6 Å². The predicted molar refractivity (Wildman–Crippen MR) is 114 cm³/mol. The minimum Gasteiger partial charge on any atom is -0.481 e. The molecule has 1 atom stereocenters. The van der Waals surface area contributed by atoms with Crippen LogP contribution < -0.4 is 10.2 Å². The third-order valence-electron chi connectivity index (χ3n) is 5.28. The number of carboxylic acid groups (broad SMARTS) is 1. The van der Waals surface area contributed by atoms with Gasteiger partial charge in [0.15, 0.2) is 5.82 Å². The van der Waals surface area contributed by atoms with Gasteiger partial charge in [-0.25, -0.2) is 15.0 Å². The molecule has 4 heterocycles. The SMILES string of the molecule is CCOCCn1nc(CC)c2nc(N3CC[C@H](C(=O)O)C3)nc(Nc3ccncn3)c21. The Morgan fingerprint density at radius 2 is 2.23 bits per heavy atom. The molecular formula is C20H26N8O3. The van der Waals surface area contributed by atoms with Crippen molar-refractivity contribution in [1.29, 1.82) is 0 Å². The lowest BCUT2D eigenvalue weighted by Crippen LogP contribution is -2.25. The molecular weight excluding hydrogens is 400 g/mol. The highest BCUT2D eigenvalue weighted by molar-refractivity contribution is 5.90. The number of ether oxygens (including phenoxy) is 1. The lowest BCUT2D eigenvalue weighted by atomic mass is 10.1. The summed E-state index contributed by atoms with van der Waals surface area (Å²) in [4.78, 5) is 31.1. The Labute approximate surface area is 179 Å². The maximum Gasteiger partial charge on any atom is 0.308 e. The Balaban J connectivity index is 1.79. The molecule has 11 heteroatoms. The van der Waals surface area contributed by atoms with Gasteiger partial charge >= 0.3 is 5.97 Å². The van der Waals surface area contributed by atoms with E-state index in [1.54, 1.807) is 12.3 Å². The van der Waals surface area contributed by atoms with E-state index in [0.29, 0.717) is 63.3 Å². The number of hydrogen-bond donors (Lipinski definition) is 2. The van der Waals surface area contributed by atoms with E-state index in [4.69, 9.17) is 19.8 Å². The van der Waals surface area contributed by atoms with Crippen LogP contribution in [0.3, 0.4) is 0 Å². The second-order valence-corrected chi connectivity index (χ2v) is 7.28. The molecule has 0 spiro atoms. The molecule has 164 valence electrons. The van der Waals surface area contributed by atoms with Gasteiger partial charge in [0, 0.05) is 25.9 Å². The second kappa shape index (κ2) is 9.21. The number of nitrogens with zero attached hydrogens (tertiary/aromatic N) is 7. The summed E-state index contributed by atoms with van der Waals surface area (Å²) < 4.78 is 7.38. The molecule has 0 aliphatic carbocycles. The molecule has 1 aliphatic heterocycles. The minimum atomic E-state index is -0.791. The highest BCUT2D eigenvalue weighted by atomic mass is 16.5. The third kappa shape index (κ3) is 4.41. The van der Waals surface area contributed by atoms with Crippen molar-refractivity contribution in [3.05, 3.63) is 24.3 Å². The molecule has 1 fully saturated rings. The topological polar surface area (TPSA) is 131 Å². The summed E-state index contributed by atoms with van der Waals surface area (Å²) in [6.07, 6.45) is 4.39. The number of aromatic nitrogens is 6. The Morgan fingerprint density at radius 3 is 2.90 bits per heavy atom. The summed E-state index contributed by atoms with van der Waals surface area (Å²) in [6.45, 7) is 6.68. The van der Waals surface area contributed by atoms with E-state index < -0.39 is 11.9 Å². The zero-order valence-electron chi connectivity index (χ0n) is 17.7.